The minimum absolute atomic E-state index is 0.0254. The number of amides is 1. The van der Waals surface area contributed by atoms with Gasteiger partial charge in [-0.2, -0.15) is 0 Å². The Hall–Kier alpha value is -2.29. The summed E-state index contributed by atoms with van der Waals surface area (Å²) in [6, 6.07) is 3.11. The van der Waals surface area contributed by atoms with E-state index in [0.29, 0.717) is 17.6 Å². The Bertz CT molecular complexity index is 897. The lowest BCUT2D eigenvalue weighted by Gasteiger charge is -2.24. The maximum Gasteiger partial charge on any atom is 0.330 e. The molecule has 0 saturated carbocycles. The van der Waals surface area contributed by atoms with E-state index in [9.17, 15) is 14.4 Å². The van der Waals surface area contributed by atoms with Crippen LogP contribution in [-0.2, 0) is 6.54 Å². The van der Waals surface area contributed by atoms with Crippen molar-refractivity contribution in [1.29, 1.82) is 0 Å². The van der Waals surface area contributed by atoms with Crippen LogP contribution >= 0.6 is 15.9 Å². The van der Waals surface area contributed by atoms with Gasteiger partial charge in [-0.15, -0.1) is 0 Å². The molecule has 142 valence electrons. The third-order valence-corrected chi connectivity index (χ3v) is 4.22. The minimum atomic E-state index is -0.692. The molecule has 2 aromatic rings. The van der Waals surface area contributed by atoms with Crippen LogP contribution in [0.2, 0.25) is 0 Å². The van der Waals surface area contributed by atoms with Crippen molar-refractivity contribution >= 4 is 33.3 Å². The number of halogens is 1. The number of rotatable bonds is 7. The number of nitrogens with one attached hydrogen (secondary N) is 1. The van der Waals surface area contributed by atoms with Gasteiger partial charge in [0.05, 0.1) is 0 Å². The lowest BCUT2D eigenvalue weighted by Crippen LogP contribution is -2.42. The molecule has 2 aromatic heterocycles. The Labute approximate surface area is 159 Å². The van der Waals surface area contributed by atoms with Crippen molar-refractivity contribution in [2.45, 2.75) is 40.2 Å². The number of nitrogens with zero attached hydrogens (tertiary/aromatic N) is 2. The van der Waals surface area contributed by atoms with Gasteiger partial charge in [0.15, 0.2) is 16.1 Å². The average molecular weight is 427 g/mol. The number of furan rings is 1. The summed E-state index contributed by atoms with van der Waals surface area (Å²) >= 11 is 3.16. The minimum Gasteiger partial charge on any atom is -0.444 e. The zero-order valence-corrected chi connectivity index (χ0v) is 16.6. The van der Waals surface area contributed by atoms with E-state index in [1.54, 1.807) is 6.07 Å². The first-order chi connectivity index (χ1) is 12.3. The summed E-state index contributed by atoms with van der Waals surface area (Å²) in [5.74, 6) is -0.304. The van der Waals surface area contributed by atoms with E-state index in [1.807, 2.05) is 20.8 Å². The van der Waals surface area contributed by atoms with Gasteiger partial charge in [0.25, 0.3) is 11.5 Å². The molecule has 0 bridgehead atoms. The second-order valence-electron chi connectivity index (χ2n) is 6.41. The van der Waals surface area contributed by atoms with E-state index >= 15 is 0 Å². The van der Waals surface area contributed by atoms with E-state index in [-0.39, 0.29) is 29.7 Å². The molecule has 0 aromatic carbocycles. The Morgan fingerprint density at radius 3 is 2.62 bits per heavy atom. The molecule has 0 aliphatic rings. The number of hydrogen-bond acceptors (Lipinski definition) is 5. The average Bonchev–Trinajstić information content (AvgIpc) is 3.00. The van der Waals surface area contributed by atoms with Crippen LogP contribution in [0.1, 0.15) is 44.2 Å². The Morgan fingerprint density at radius 1 is 1.38 bits per heavy atom. The van der Waals surface area contributed by atoms with Gasteiger partial charge in [-0.3, -0.25) is 24.0 Å². The quantitative estimate of drug-likeness (QED) is 0.705. The highest BCUT2D eigenvalue weighted by Crippen LogP contribution is 2.23. The maximum atomic E-state index is 12.9. The summed E-state index contributed by atoms with van der Waals surface area (Å²) < 4.78 is 7.02. The molecule has 0 unspecified atom stereocenters. The molecule has 0 saturated heterocycles. The molecule has 1 amide bonds. The predicted octanol–water partition coefficient (Wildman–Crippen LogP) is 2.58. The van der Waals surface area contributed by atoms with E-state index in [1.165, 1.54) is 15.5 Å². The lowest BCUT2D eigenvalue weighted by atomic mass is 10.2. The second kappa shape index (κ2) is 8.39. The third-order valence-electron chi connectivity index (χ3n) is 3.80. The highest BCUT2D eigenvalue weighted by atomic mass is 79.9. The summed E-state index contributed by atoms with van der Waals surface area (Å²) in [6.45, 7) is 6.44. The number of carbonyl (C=O) groups excluding carboxylic acids is 1. The Kier molecular flexibility index (Phi) is 6.47. The fraction of sp³-hybridized carbons (Fsp3) is 0.471. The lowest BCUT2D eigenvalue weighted by molar-refractivity contribution is 0.0958. The normalized spacial score (nSPS) is 11.1. The molecule has 0 aliphatic heterocycles. The fourth-order valence-electron chi connectivity index (χ4n) is 2.58. The first-order valence-corrected chi connectivity index (χ1v) is 9.25. The van der Waals surface area contributed by atoms with E-state index in [0.717, 1.165) is 6.42 Å². The van der Waals surface area contributed by atoms with Gasteiger partial charge in [-0.1, -0.05) is 27.2 Å². The molecule has 0 atom stereocenters. The number of aromatic nitrogens is 2. The summed E-state index contributed by atoms with van der Waals surface area (Å²) in [7, 11) is 0. The predicted molar refractivity (Wildman–Crippen MR) is 104 cm³/mol. The number of carbonyl (C=O) groups is 1. The van der Waals surface area contributed by atoms with Crippen molar-refractivity contribution in [2.24, 2.45) is 5.92 Å². The standard InChI is InChI=1S/C17H23BrN4O4/c1-4-5-8-21(16(24)11-6-7-12(18)26-11)13-14(19)22(9-10(2)3)17(25)20-15(13)23/h6-7,10H,4-5,8-9,19H2,1-3H3,(H,20,23,25). The molecule has 0 aliphatic carbocycles. The van der Waals surface area contributed by atoms with Crippen molar-refractivity contribution in [3.63, 3.8) is 0 Å². The van der Waals surface area contributed by atoms with Crippen molar-refractivity contribution in [2.75, 3.05) is 17.2 Å². The second-order valence-corrected chi connectivity index (χ2v) is 7.19. The van der Waals surface area contributed by atoms with Crippen LogP contribution in [0.4, 0.5) is 11.5 Å². The van der Waals surface area contributed by atoms with E-state index in [4.69, 9.17) is 10.2 Å². The van der Waals surface area contributed by atoms with Crippen molar-refractivity contribution in [3.05, 3.63) is 43.4 Å². The molecule has 3 N–H and O–H groups in total. The van der Waals surface area contributed by atoms with Gasteiger partial charge in [0.1, 0.15) is 5.82 Å². The number of nitrogens with two attached hydrogens (primary N) is 1. The molecular weight excluding hydrogens is 404 g/mol. The van der Waals surface area contributed by atoms with Gasteiger partial charge in [0.2, 0.25) is 0 Å². The molecule has 26 heavy (non-hydrogen) atoms. The van der Waals surface area contributed by atoms with Crippen LogP contribution in [-0.4, -0.2) is 22.0 Å². The molecule has 2 heterocycles. The summed E-state index contributed by atoms with van der Waals surface area (Å²) in [4.78, 5) is 41.0. The molecular formula is C17H23BrN4O4. The molecule has 0 fully saturated rings. The Balaban J connectivity index is 2.59. The number of aromatic amines is 1. The zero-order chi connectivity index (χ0) is 19.4. The van der Waals surface area contributed by atoms with Crippen LogP contribution in [0.3, 0.4) is 0 Å². The first-order valence-electron chi connectivity index (χ1n) is 8.46. The van der Waals surface area contributed by atoms with Crippen molar-refractivity contribution < 1.29 is 9.21 Å². The highest BCUT2D eigenvalue weighted by molar-refractivity contribution is 9.10. The van der Waals surface area contributed by atoms with Gasteiger partial charge >= 0.3 is 5.69 Å². The molecule has 9 heteroatoms. The molecule has 0 spiro atoms. The summed E-state index contributed by atoms with van der Waals surface area (Å²) in [6.07, 6.45) is 1.48. The van der Waals surface area contributed by atoms with Crippen LogP contribution in [0, 0.1) is 5.92 Å². The van der Waals surface area contributed by atoms with Gasteiger partial charge in [-0.25, -0.2) is 4.79 Å². The smallest absolute Gasteiger partial charge is 0.330 e. The monoisotopic (exact) mass is 426 g/mol. The molecule has 8 nitrogen and oxygen atoms in total. The van der Waals surface area contributed by atoms with Gasteiger partial charge in [-0.05, 0) is 40.4 Å². The first kappa shape index (κ1) is 20.0. The maximum absolute atomic E-state index is 12.9. The highest BCUT2D eigenvalue weighted by Gasteiger charge is 2.27. The topological polar surface area (TPSA) is 114 Å². The fourth-order valence-corrected chi connectivity index (χ4v) is 2.88. The van der Waals surface area contributed by atoms with Gasteiger partial charge < -0.3 is 10.2 Å². The van der Waals surface area contributed by atoms with E-state index < -0.39 is 17.2 Å². The van der Waals surface area contributed by atoms with Crippen molar-refractivity contribution in [3.8, 4) is 0 Å². The number of nitrogen functional groups attached to an aromatic ring is 1. The summed E-state index contributed by atoms with van der Waals surface area (Å²) in [5.41, 5.74) is 4.82. The van der Waals surface area contributed by atoms with Crippen LogP contribution in [0.25, 0.3) is 0 Å². The van der Waals surface area contributed by atoms with Gasteiger partial charge in [0, 0.05) is 13.1 Å². The summed E-state index contributed by atoms with van der Waals surface area (Å²) in [5, 5.41) is 0. The van der Waals surface area contributed by atoms with Crippen molar-refractivity contribution in [1.82, 2.24) is 9.55 Å². The number of unbranched alkanes of at least 4 members (excludes halogenated alkanes) is 1. The molecule has 2 rings (SSSR count). The van der Waals surface area contributed by atoms with Crippen LogP contribution in [0.15, 0.2) is 30.8 Å². The van der Waals surface area contributed by atoms with E-state index in [2.05, 4.69) is 20.9 Å². The molecule has 0 radical (unpaired) electrons. The number of anilines is 2. The number of H-pyrrole nitrogens is 1. The zero-order valence-electron chi connectivity index (χ0n) is 15.0. The van der Waals surface area contributed by atoms with Crippen LogP contribution < -0.4 is 21.9 Å². The number of hydrogen-bond donors (Lipinski definition) is 2. The largest absolute Gasteiger partial charge is 0.444 e. The Morgan fingerprint density at radius 2 is 2.08 bits per heavy atom. The third kappa shape index (κ3) is 4.27. The SMILES string of the molecule is CCCCN(C(=O)c1ccc(Br)o1)c1c(N)n(CC(C)C)c(=O)[nH]c1=O. The van der Waals surface area contributed by atoms with Crippen LogP contribution in [0.5, 0.6) is 0 Å².